The van der Waals surface area contributed by atoms with Crippen LogP contribution in [0.15, 0.2) is 36.7 Å². The molecule has 5 heteroatoms. The second kappa shape index (κ2) is 6.15. The highest BCUT2D eigenvalue weighted by atomic mass is 16.1. The van der Waals surface area contributed by atoms with Crippen LogP contribution in [0.4, 0.5) is 5.69 Å². The van der Waals surface area contributed by atoms with Crippen LogP contribution in [0.5, 0.6) is 0 Å². The zero-order valence-electron chi connectivity index (χ0n) is 11.0. The number of benzene rings is 1. The van der Waals surface area contributed by atoms with Gasteiger partial charge >= 0.3 is 0 Å². The number of carbonyl (C=O) groups is 1. The van der Waals surface area contributed by atoms with Gasteiger partial charge in [-0.25, -0.2) is 0 Å². The first-order valence-electron chi connectivity index (χ1n) is 6.35. The first-order valence-corrected chi connectivity index (χ1v) is 6.35. The topological polar surface area (TPSA) is 72.9 Å². The predicted octanol–water partition coefficient (Wildman–Crippen LogP) is 1.66. The summed E-state index contributed by atoms with van der Waals surface area (Å²) in [6.45, 7) is 3.39. The molecule has 0 radical (unpaired) electrons. The molecule has 1 amide bonds. The first-order chi connectivity index (χ1) is 9.22. The summed E-state index contributed by atoms with van der Waals surface area (Å²) in [5.74, 6) is -0.130. The number of rotatable bonds is 5. The van der Waals surface area contributed by atoms with Gasteiger partial charge in [0.05, 0.1) is 11.9 Å². The average Bonchev–Trinajstić information content (AvgIpc) is 2.87. The lowest BCUT2D eigenvalue weighted by atomic mass is 10.1. The molecule has 0 saturated carbocycles. The highest BCUT2D eigenvalue weighted by Crippen LogP contribution is 2.10. The van der Waals surface area contributed by atoms with E-state index in [4.69, 9.17) is 5.73 Å². The molecule has 0 atom stereocenters. The molecule has 0 fully saturated rings. The number of aromatic nitrogens is 2. The van der Waals surface area contributed by atoms with E-state index in [-0.39, 0.29) is 5.91 Å². The van der Waals surface area contributed by atoms with E-state index in [1.165, 1.54) is 0 Å². The fourth-order valence-corrected chi connectivity index (χ4v) is 1.79. The molecule has 0 saturated heterocycles. The average molecular weight is 258 g/mol. The van der Waals surface area contributed by atoms with Gasteiger partial charge in [-0.1, -0.05) is 12.1 Å². The largest absolute Gasteiger partial charge is 0.330 e. The second-order valence-corrected chi connectivity index (χ2v) is 4.27. The summed E-state index contributed by atoms with van der Waals surface area (Å²) in [6.07, 6.45) is 4.27. The summed E-state index contributed by atoms with van der Waals surface area (Å²) in [6, 6.07) is 7.48. The van der Waals surface area contributed by atoms with Crippen LogP contribution in [-0.2, 0) is 13.0 Å². The minimum Gasteiger partial charge on any atom is -0.330 e. The fourth-order valence-electron chi connectivity index (χ4n) is 1.79. The molecule has 0 spiro atoms. The highest BCUT2D eigenvalue weighted by Gasteiger charge is 2.07. The van der Waals surface area contributed by atoms with E-state index in [1.807, 2.05) is 31.2 Å². The van der Waals surface area contributed by atoms with Crippen LogP contribution in [-0.4, -0.2) is 22.2 Å². The number of nitrogens with one attached hydrogen (secondary N) is 1. The number of aryl methyl sites for hydroxylation is 1. The fraction of sp³-hybridized carbons (Fsp3) is 0.286. The van der Waals surface area contributed by atoms with Gasteiger partial charge in [0, 0.05) is 18.3 Å². The third kappa shape index (κ3) is 3.42. The molecule has 0 aliphatic carbocycles. The minimum absolute atomic E-state index is 0.130. The minimum atomic E-state index is -0.130. The van der Waals surface area contributed by atoms with Crippen molar-refractivity contribution >= 4 is 11.6 Å². The molecule has 19 heavy (non-hydrogen) atoms. The van der Waals surface area contributed by atoms with Crippen LogP contribution >= 0.6 is 0 Å². The third-order valence-corrected chi connectivity index (χ3v) is 2.86. The van der Waals surface area contributed by atoms with Crippen molar-refractivity contribution in [3.63, 3.8) is 0 Å². The molecule has 1 aromatic heterocycles. The first kappa shape index (κ1) is 13.3. The quantitative estimate of drug-likeness (QED) is 0.856. The van der Waals surface area contributed by atoms with E-state index in [0.717, 1.165) is 18.5 Å². The maximum atomic E-state index is 12.0. The maximum Gasteiger partial charge on any atom is 0.255 e. The van der Waals surface area contributed by atoms with Crippen LogP contribution in [0.1, 0.15) is 22.8 Å². The molecule has 1 heterocycles. The predicted molar refractivity (Wildman–Crippen MR) is 75.1 cm³/mol. The van der Waals surface area contributed by atoms with Crippen LogP contribution < -0.4 is 11.1 Å². The number of anilines is 1. The van der Waals surface area contributed by atoms with Gasteiger partial charge in [0.25, 0.3) is 5.91 Å². The summed E-state index contributed by atoms with van der Waals surface area (Å²) in [5, 5.41) is 6.93. The number of carbonyl (C=O) groups excluding carboxylic acids is 1. The van der Waals surface area contributed by atoms with Crippen molar-refractivity contribution in [1.29, 1.82) is 0 Å². The highest BCUT2D eigenvalue weighted by molar-refractivity contribution is 6.04. The molecule has 5 nitrogen and oxygen atoms in total. The smallest absolute Gasteiger partial charge is 0.255 e. The van der Waals surface area contributed by atoms with E-state index in [1.54, 1.807) is 17.1 Å². The zero-order valence-corrected chi connectivity index (χ0v) is 11.0. The van der Waals surface area contributed by atoms with Crippen molar-refractivity contribution in [2.24, 2.45) is 5.73 Å². The van der Waals surface area contributed by atoms with Gasteiger partial charge in [0.15, 0.2) is 0 Å². The molecule has 0 bridgehead atoms. The SMILES string of the molecule is CCn1cc(NC(=O)c2ccc(CCN)cc2)cn1. The Morgan fingerprint density at radius 2 is 2.11 bits per heavy atom. The Hall–Kier alpha value is -2.14. The Morgan fingerprint density at radius 3 is 2.68 bits per heavy atom. The monoisotopic (exact) mass is 258 g/mol. The van der Waals surface area contributed by atoms with Crippen LogP contribution in [0, 0.1) is 0 Å². The standard InChI is InChI=1S/C14H18N4O/c1-2-18-10-13(9-16-18)17-14(19)12-5-3-11(4-6-12)7-8-15/h3-6,9-10H,2,7-8,15H2,1H3,(H,17,19). The molecule has 0 aliphatic rings. The molecule has 2 rings (SSSR count). The Bertz CT molecular complexity index is 545. The van der Waals surface area contributed by atoms with Crippen molar-refractivity contribution in [3.05, 3.63) is 47.8 Å². The van der Waals surface area contributed by atoms with E-state index in [9.17, 15) is 4.79 Å². The Balaban J connectivity index is 2.02. The molecule has 1 aromatic carbocycles. The van der Waals surface area contributed by atoms with E-state index in [2.05, 4.69) is 10.4 Å². The van der Waals surface area contributed by atoms with Gasteiger partial charge in [-0.05, 0) is 37.6 Å². The van der Waals surface area contributed by atoms with E-state index < -0.39 is 0 Å². The summed E-state index contributed by atoms with van der Waals surface area (Å²) in [5.41, 5.74) is 7.96. The summed E-state index contributed by atoms with van der Waals surface area (Å²) in [7, 11) is 0. The number of nitrogens with two attached hydrogens (primary N) is 1. The van der Waals surface area contributed by atoms with Crippen molar-refractivity contribution in [3.8, 4) is 0 Å². The molecule has 0 aliphatic heterocycles. The van der Waals surface area contributed by atoms with Crippen molar-refractivity contribution in [2.75, 3.05) is 11.9 Å². The lowest BCUT2D eigenvalue weighted by molar-refractivity contribution is 0.102. The lowest BCUT2D eigenvalue weighted by Crippen LogP contribution is -2.11. The lowest BCUT2D eigenvalue weighted by Gasteiger charge is -2.04. The van der Waals surface area contributed by atoms with Crippen LogP contribution in [0.3, 0.4) is 0 Å². The summed E-state index contributed by atoms with van der Waals surface area (Å²) >= 11 is 0. The van der Waals surface area contributed by atoms with Crippen molar-refractivity contribution in [1.82, 2.24) is 9.78 Å². The molecule has 0 unspecified atom stereocenters. The number of nitrogens with zero attached hydrogens (tertiary/aromatic N) is 2. The van der Waals surface area contributed by atoms with Gasteiger partial charge in [0.2, 0.25) is 0 Å². The van der Waals surface area contributed by atoms with Gasteiger partial charge < -0.3 is 11.1 Å². The Kier molecular flexibility index (Phi) is 4.30. The van der Waals surface area contributed by atoms with Crippen molar-refractivity contribution in [2.45, 2.75) is 19.9 Å². The van der Waals surface area contributed by atoms with E-state index in [0.29, 0.717) is 17.8 Å². The molecule has 100 valence electrons. The van der Waals surface area contributed by atoms with E-state index >= 15 is 0 Å². The van der Waals surface area contributed by atoms with Crippen LogP contribution in [0.2, 0.25) is 0 Å². The number of hydrogen-bond donors (Lipinski definition) is 2. The van der Waals surface area contributed by atoms with Gasteiger partial charge in [-0.15, -0.1) is 0 Å². The van der Waals surface area contributed by atoms with Gasteiger partial charge in [-0.3, -0.25) is 9.48 Å². The maximum absolute atomic E-state index is 12.0. The molecular formula is C14H18N4O. The normalized spacial score (nSPS) is 10.4. The Morgan fingerprint density at radius 1 is 1.37 bits per heavy atom. The van der Waals surface area contributed by atoms with Gasteiger partial charge in [-0.2, -0.15) is 5.10 Å². The second-order valence-electron chi connectivity index (χ2n) is 4.27. The van der Waals surface area contributed by atoms with Crippen LogP contribution in [0.25, 0.3) is 0 Å². The van der Waals surface area contributed by atoms with Gasteiger partial charge in [0.1, 0.15) is 0 Å². The molecular weight excluding hydrogens is 240 g/mol. The summed E-state index contributed by atoms with van der Waals surface area (Å²) < 4.78 is 1.76. The summed E-state index contributed by atoms with van der Waals surface area (Å²) in [4.78, 5) is 12.0. The number of amides is 1. The Labute approximate surface area is 112 Å². The molecule has 2 aromatic rings. The zero-order chi connectivity index (χ0) is 13.7. The third-order valence-electron chi connectivity index (χ3n) is 2.86. The van der Waals surface area contributed by atoms with Crippen molar-refractivity contribution < 1.29 is 4.79 Å². The number of hydrogen-bond acceptors (Lipinski definition) is 3. The molecule has 3 N–H and O–H groups in total.